The molecule has 4 heteroatoms. The number of anilines is 1. The molecule has 0 bridgehead atoms. The van der Waals surface area contributed by atoms with Crippen LogP contribution < -0.4 is 15.8 Å². The van der Waals surface area contributed by atoms with Gasteiger partial charge in [-0.1, -0.05) is 12.1 Å². The summed E-state index contributed by atoms with van der Waals surface area (Å²) in [5, 5.41) is 2.92. The number of amides is 1. The summed E-state index contributed by atoms with van der Waals surface area (Å²) in [6, 6.07) is 7.45. The average molecular weight is 208 g/mol. The Balaban J connectivity index is 2.72. The number of hydrogen-bond acceptors (Lipinski definition) is 3. The summed E-state index contributed by atoms with van der Waals surface area (Å²) in [6.45, 7) is 4.01. The SMILES string of the molecule is CC(C)Oc1ccccc1NCC(N)=O. The maximum atomic E-state index is 10.6. The molecule has 1 rings (SSSR count). The Morgan fingerprint density at radius 2 is 2.13 bits per heavy atom. The minimum Gasteiger partial charge on any atom is -0.489 e. The zero-order chi connectivity index (χ0) is 11.3. The maximum Gasteiger partial charge on any atom is 0.236 e. The first-order valence-electron chi connectivity index (χ1n) is 4.87. The second kappa shape index (κ2) is 5.24. The molecular formula is C11H16N2O2. The van der Waals surface area contributed by atoms with Crippen molar-refractivity contribution in [1.29, 1.82) is 0 Å². The van der Waals surface area contributed by atoms with Crippen molar-refractivity contribution in [2.45, 2.75) is 20.0 Å². The Morgan fingerprint density at radius 1 is 1.47 bits per heavy atom. The van der Waals surface area contributed by atoms with E-state index < -0.39 is 5.91 Å². The molecule has 4 nitrogen and oxygen atoms in total. The number of benzene rings is 1. The van der Waals surface area contributed by atoms with Gasteiger partial charge in [-0.15, -0.1) is 0 Å². The second-order valence-corrected chi connectivity index (χ2v) is 3.48. The average Bonchev–Trinajstić information content (AvgIpc) is 2.15. The summed E-state index contributed by atoms with van der Waals surface area (Å²) in [7, 11) is 0. The molecule has 82 valence electrons. The molecule has 0 fully saturated rings. The van der Waals surface area contributed by atoms with Crippen molar-refractivity contribution < 1.29 is 9.53 Å². The van der Waals surface area contributed by atoms with E-state index in [9.17, 15) is 4.79 Å². The molecule has 0 radical (unpaired) electrons. The minimum atomic E-state index is -0.394. The van der Waals surface area contributed by atoms with E-state index in [4.69, 9.17) is 10.5 Å². The van der Waals surface area contributed by atoms with E-state index >= 15 is 0 Å². The molecule has 15 heavy (non-hydrogen) atoms. The number of carbonyl (C=O) groups is 1. The molecule has 0 heterocycles. The highest BCUT2D eigenvalue weighted by atomic mass is 16.5. The number of nitrogens with two attached hydrogens (primary N) is 1. The summed E-state index contributed by atoms with van der Waals surface area (Å²) in [4.78, 5) is 10.6. The van der Waals surface area contributed by atoms with Crippen LogP contribution in [0, 0.1) is 0 Å². The van der Waals surface area contributed by atoms with Crippen LogP contribution >= 0.6 is 0 Å². The number of hydrogen-bond donors (Lipinski definition) is 2. The lowest BCUT2D eigenvalue weighted by molar-refractivity contribution is -0.116. The quantitative estimate of drug-likeness (QED) is 0.768. The molecule has 0 saturated carbocycles. The van der Waals surface area contributed by atoms with Crippen LogP contribution in [0.3, 0.4) is 0 Å². The van der Waals surface area contributed by atoms with Crippen LogP contribution in [0.2, 0.25) is 0 Å². The first-order valence-corrected chi connectivity index (χ1v) is 4.87. The number of primary amides is 1. The molecule has 1 amide bonds. The predicted octanol–water partition coefficient (Wildman–Crippen LogP) is 1.37. The third kappa shape index (κ3) is 3.89. The molecule has 0 aromatic heterocycles. The third-order valence-electron chi connectivity index (χ3n) is 1.70. The van der Waals surface area contributed by atoms with Crippen molar-refractivity contribution in [2.75, 3.05) is 11.9 Å². The van der Waals surface area contributed by atoms with Gasteiger partial charge in [0.1, 0.15) is 5.75 Å². The smallest absolute Gasteiger partial charge is 0.236 e. The van der Waals surface area contributed by atoms with Crippen molar-refractivity contribution >= 4 is 11.6 Å². The number of rotatable bonds is 5. The van der Waals surface area contributed by atoms with Crippen molar-refractivity contribution in [3.8, 4) is 5.75 Å². The Kier molecular flexibility index (Phi) is 3.97. The third-order valence-corrected chi connectivity index (χ3v) is 1.70. The number of nitrogens with one attached hydrogen (secondary N) is 1. The largest absolute Gasteiger partial charge is 0.489 e. The molecule has 0 atom stereocenters. The Labute approximate surface area is 89.4 Å². The van der Waals surface area contributed by atoms with Crippen LogP contribution in [0.25, 0.3) is 0 Å². The second-order valence-electron chi connectivity index (χ2n) is 3.48. The van der Waals surface area contributed by atoms with Crippen molar-refractivity contribution in [1.82, 2.24) is 0 Å². The van der Waals surface area contributed by atoms with Gasteiger partial charge in [0.05, 0.1) is 18.3 Å². The van der Waals surface area contributed by atoms with Gasteiger partial charge in [-0.25, -0.2) is 0 Å². The minimum absolute atomic E-state index is 0.0986. The standard InChI is InChI=1S/C11H16N2O2/c1-8(2)15-10-6-4-3-5-9(10)13-7-11(12)14/h3-6,8,13H,7H2,1-2H3,(H2,12,14). The molecule has 0 saturated heterocycles. The lowest BCUT2D eigenvalue weighted by atomic mass is 10.3. The Morgan fingerprint density at radius 3 is 2.73 bits per heavy atom. The normalized spacial score (nSPS) is 10.1. The molecule has 0 unspecified atom stereocenters. The highest BCUT2D eigenvalue weighted by Crippen LogP contribution is 2.24. The molecule has 0 aliphatic rings. The van der Waals surface area contributed by atoms with Gasteiger partial charge in [0.15, 0.2) is 0 Å². The van der Waals surface area contributed by atoms with Gasteiger partial charge in [-0.3, -0.25) is 4.79 Å². The van der Waals surface area contributed by atoms with E-state index in [1.54, 1.807) is 0 Å². The fourth-order valence-electron chi connectivity index (χ4n) is 1.15. The molecule has 0 aliphatic heterocycles. The highest BCUT2D eigenvalue weighted by Gasteiger charge is 2.04. The van der Waals surface area contributed by atoms with E-state index in [0.717, 1.165) is 11.4 Å². The number of ether oxygens (including phenoxy) is 1. The van der Waals surface area contributed by atoms with Gasteiger partial charge in [0.2, 0.25) is 5.91 Å². The Hall–Kier alpha value is -1.71. The summed E-state index contributed by atoms with van der Waals surface area (Å²) >= 11 is 0. The van der Waals surface area contributed by atoms with Crippen LogP contribution in [0.1, 0.15) is 13.8 Å². The number of carbonyl (C=O) groups excluding carboxylic acids is 1. The van der Waals surface area contributed by atoms with Gasteiger partial charge in [0.25, 0.3) is 0 Å². The maximum absolute atomic E-state index is 10.6. The van der Waals surface area contributed by atoms with Gasteiger partial charge in [-0.05, 0) is 26.0 Å². The summed E-state index contributed by atoms with van der Waals surface area (Å²) in [5.74, 6) is 0.336. The highest BCUT2D eigenvalue weighted by molar-refractivity contribution is 5.79. The van der Waals surface area contributed by atoms with Crippen molar-refractivity contribution in [3.05, 3.63) is 24.3 Å². The molecule has 1 aromatic carbocycles. The van der Waals surface area contributed by atoms with Crippen LogP contribution in [0.4, 0.5) is 5.69 Å². The molecule has 1 aromatic rings. The summed E-state index contributed by atoms with van der Waals surface area (Å²) in [5.41, 5.74) is 5.83. The molecular weight excluding hydrogens is 192 g/mol. The predicted molar refractivity (Wildman–Crippen MR) is 59.9 cm³/mol. The monoisotopic (exact) mass is 208 g/mol. The first kappa shape index (κ1) is 11.4. The van der Waals surface area contributed by atoms with Gasteiger partial charge in [0, 0.05) is 0 Å². The molecule has 3 N–H and O–H groups in total. The number of para-hydroxylation sites is 2. The van der Waals surface area contributed by atoms with Crippen LogP contribution in [0.5, 0.6) is 5.75 Å². The van der Waals surface area contributed by atoms with Crippen LogP contribution in [-0.2, 0) is 4.79 Å². The van der Waals surface area contributed by atoms with E-state index in [-0.39, 0.29) is 12.6 Å². The summed E-state index contributed by atoms with van der Waals surface area (Å²) in [6.07, 6.45) is 0.0986. The molecule has 0 aliphatic carbocycles. The molecule has 0 spiro atoms. The van der Waals surface area contributed by atoms with E-state index in [1.165, 1.54) is 0 Å². The van der Waals surface area contributed by atoms with Crippen molar-refractivity contribution in [2.24, 2.45) is 5.73 Å². The first-order chi connectivity index (χ1) is 7.09. The zero-order valence-electron chi connectivity index (χ0n) is 8.99. The fourth-order valence-corrected chi connectivity index (χ4v) is 1.15. The topological polar surface area (TPSA) is 64.3 Å². The Bertz CT molecular complexity index is 337. The lowest BCUT2D eigenvalue weighted by Gasteiger charge is -2.14. The lowest BCUT2D eigenvalue weighted by Crippen LogP contribution is -2.22. The zero-order valence-corrected chi connectivity index (χ0v) is 8.99. The van der Waals surface area contributed by atoms with Crippen LogP contribution in [0.15, 0.2) is 24.3 Å². The van der Waals surface area contributed by atoms with E-state index in [1.807, 2.05) is 38.1 Å². The van der Waals surface area contributed by atoms with Gasteiger partial charge in [-0.2, -0.15) is 0 Å². The summed E-state index contributed by atoms with van der Waals surface area (Å²) < 4.78 is 5.56. The van der Waals surface area contributed by atoms with Crippen LogP contribution in [-0.4, -0.2) is 18.6 Å². The van der Waals surface area contributed by atoms with E-state index in [0.29, 0.717) is 0 Å². The van der Waals surface area contributed by atoms with Gasteiger partial charge >= 0.3 is 0 Å². The van der Waals surface area contributed by atoms with Crippen molar-refractivity contribution in [3.63, 3.8) is 0 Å². The van der Waals surface area contributed by atoms with Gasteiger partial charge < -0.3 is 15.8 Å². The van der Waals surface area contributed by atoms with E-state index in [2.05, 4.69) is 5.32 Å². The fraction of sp³-hybridized carbons (Fsp3) is 0.364.